The van der Waals surface area contributed by atoms with Gasteiger partial charge in [-0.1, -0.05) is 24.3 Å². The van der Waals surface area contributed by atoms with Crippen LogP contribution in [0.4, 0.5) is 0 Å². The van der Waals surface area contributed by atoms with Gasteiger partial charge in [0.15, 0.2) is 5.65 Å². The Bertz CT molecular complexity index is 630. The summed E-state index contributed by atoms with van der Waals surface area (Å²) in [4.78, 5) is 19.8. The second-order valence-corrected chi connectivity index (χ2v) is 3.98. The van der Waals surface area contributed by atoms with Crippen molar-refractivity contribution in [1.29, 1.82) is 0 Å². The van der Waals surface area contributed by atoms with Crippen molar-refractivity contribution in [3.63, 3.8) is 0 Å². The molecule has 5 heteroatoms. The van der Waals surface area contributed by atoms with Gasteiger partial charge in [-0.15, -0.1) is 0 Å². The predicted octanol–water partition coefficient (Wildman–Crippen LogP) is 2.65. The molecule has 0 spiro atoms. The highest BCUT2D eigenvalue weighted by Gasteiger charge is 1.91. The number of hydrogen-bond donors (Lipinski definition) is 0. The Hall–Kier alpha value is -2.95. The highest BCUT2D eigenvalue weighted by molar-refractivity contribution is 5.77. The average Bonchev–Trinajstić information content (AvgIpc) is 2.56. The van der Waals surface area contributed by atoms with Gasteiger partial charge in [-0.05, 0) is 12.1 Å². The van der Waals surface area contributed by atoms with Crippen LogP contribution >= 0.6 is 0 Å². The Labute approximate surface area is 115 Å². The van der Waals surface area contributed by atoms with Crippen LogP contribution in [-0.4, -0.2) is 24.9 Å². The van der Waals surface area contributed by atoms with Crippen LogP contribution in [0.3, 0.4) is 0 Å². The fourth-order valence-electron chi connectivity index (χ4n) is 1.74. The molecule has 0 bridgehead atoms. The van der Waals surface area contributed by atoms with E-state index in [9.17, 15) is 0 Å². The minimum atomic E-state index is 0.637. The van der Waals surface area contributed by atoms with Crippen LogP contribution in [0.15, 0.2) is 67.5 Å². The van der Waals surface area contributed by atoms with Crippen molar-refractivity contribution in [1.82, 2.24) is 24.9 Å². The van der Waals surface area contributed by atoms with Gasteiger partial charge in [-0.25, -0.2) is 19.9 Å². The van der Waals surface area contributed by atoms with Gasteiger partial charge >= 0.3 is 0 Å². The van der Waals surface area contributed by atoms with Crippen molar-refractivity contribution in [3.05, 3.63) is 67.5 Å². The summed E-state index contributed by atoms with van der Waals surface area (Å²) in [5, 5.41) is 1.20. The summed E-state index contributed by atoms with van der Waals surface area (Å²) in [6.45, 7) is 0. The number of para-hydroxylation sites is 1. The SMILES string of the molecule is c1ccc2ncccc2c1.c1cnc2ncncc2n1. The van der Waals surface area contributed by atoms with E-state index in [1.165, 1.54) is 11.7 Å². The minimum Gasteiger partial charge on any atom is -0.256 e. The Morgan fingerprint density at radius 1 is 0.650 bits per heavy atom. The number of benzene rings is 1. The van der Waals surface area contributed by atoms with Crippen molar-refractivity contribution in [2.24, 2.45) is 0 Å². The fraction of sp³-hybridized carbons (Fsp3) is 0. The van der Waals surface area contributed by atoms with Crippen LogP contribution in [0.5, 0.6) is 0 Å². The van der Waals surface area contributed by atoms with E-state index in [0.717, 1.165) is 11.0 Å². The van der Waals surface area contributed by atoms with E-state index in [0.29, 0.717) is 5.65 Å². The summed E-state index contributed by atoms with van der Waals surface area (Å²) in [5.41, 5.74) is 2.42. The smallest absolute Gasteiger partial charge is 0.181 e. The van der Waals surface area contributed by atoms with Crippen molar-refractivity contribution in [2.75, 3.05) is 0 Å². The molecule has 3 aromatic heterocycles. The molecule has 0 saturated carbocycles. The first-order chi connectivity index (χ1) is 9.93. The lowest BCUT2D eigenvalue weighted by Gasteiger charge is -1.91. The molecule has 0 saturated heterocycles. The topological polar surface area (TPSA) is 64.5 Å². The summed E-state index contributed by atoms with van der Waals surface area (Å²) in [6.07, 6.45) is 8.12. The zero-order valence-corrected chi connectivity index (χ0v) is 10.6. The van der Waals surface area contributed by atoms with Gasteiger partial charge in [0, 0.05) is 24.0 Å². The molecule has 0 aliphatic carbocycles. The van der Waals surface area contributed by atoms with Gasteiger partial charge in [-0.3, -0.25) is 4.98 Å². The van der Waals surface area contributed by atoms with E-state index in [1.807, 2.05) is 30.5 Å². The summed E-state index contributed by atoms with van der Waals surface area (Å²) < 4.78 is 0. The molecule has 5 nitrogen and oxygen atoms in total. The van der Waals surface area contributed by atoms with Gasteiger partial charge in [0.2, 0.25) is 0 Å². The van der Waals surface area contributed by atoms with Gasteiger partial charge < -0.3 is 0 Å². The molecule has 20 heavy (non-hydrogen) atoms. The monoisotopic (exact) mass is 261 g/mol. The van der Waals surface area contributed by atoms with Crippen molar-refractivity contribution in [3.8, 4) is 0 Å². The summed E-state index contributed by atoms with van der Waals surface area (Å²) in [7, 11) is 0. The lowest BCUT2D eigenvalue weighted by Crippen LogP contribution is -1.85. The lowest BCUT2D eigenvalue weighted by atomic mass is 10.2. The molecular formula is C15H11N5. The third-order valence-corrected chi connectivity index (χ3v) is 2.66. The molecule has 0 unspecified atom stereocenters. The third kappa shape index (κ3) is 2.72. The molecule has 1 aromatic carbocycles. The van der Waals surface area contributed by atoms with Crippen LogP contribution < -0.4 is 0 Å². The van der Waals surface area contributed by atoms with E-state index >= 15 is 0 Å². The molecule has 0 radical (unpaired) electrons. The first-order valence-corrected chi connectivity index (χ1v) is 6.10. The highest BCUT2D eigenvalue weighted by atomic mass is 14.9. The fourth-order valence-corrected chi connectivity index (χ4v) is 1.74. The summed E-state index contributed by atoms with van der Waals surface area (Å²) in [6, 6.07) is 12.1. The van der Waals surface area contributed by atoms with Gasteiger partial charge in [0.05, 0.1) is 11.7 Å². The predicted molar refractivity (Wildman–Crippen MR) is 76.9 cm³/mol. The summed E-state index contributed by atoms with van der Waals surface area (Å²) in [5.74, 6) is 0. The first kappa shape index (κ1) is 12.1. The van der Waals surface area contributed by atoms with Crippen LogP contribution in [0, 0.1) is 0 Å². The second-order valence-electron chi connectivity index (χ2n) is 3.98. The largest absolute Gasteiger partial charge is 0.256 e. The molecule has 3 heterocycles. The van der Waals surface area contributed by atoms with Crippen LogP contribution in [0.25, 0.3) is 22.1 Å². The molecule has 0 aliphatic rings. The highest BCUT2D eigenvalue weighted by Crippen LogP contribution is 2.07. The Morgan fingerprint density at radius 3 is 2.35 bits per heavy atom. The van der Waals surface area contributed by atoms with Gasteiger partial charge in [-0.2, -0.15) is 0 Å². The molecule has 4 aromatic rings. The number of hydrogen-bond acceptors (Lipinski definition) is 5. The standard InChI is InChI=1S/C9H7N.C6H4N4/c1-2-6-9-8(4-1)5-3-7-10-9;1-2-9-6-5(8-1)3-7-4-10-6/h1-7H;1-4H. The van der Waals surface area contributed by atoms with Crippen LogP contribution in [-0.2, 0) is 0 Å². The Balaban J connectivity index is 0.000000121. The molecule has 0 aliphatic heterocycles. The number of rotatable bonds is 0. The zero-order valence-electron chi connectivity index (χ0n) is 10.6. The maximum Gasteiger partial charge on any atom is 0.181 e. The third-order valence-electron chi connectivity index (χ3n) is 2.66. The molecule has 0 atom stereocenters. The maximum absolute atomic E-state index is 4.18. The Morgan fingerprint density at radius 2 is 1.45 bits per heavy atom. The van der Waals surface area contributed by atoms with Crippen molar-refractivity contribution >= 4 is 22.1 Å². The molecule has 4 rings (SSSR count). The second kappa shape index (κ2) is 5.79. The number of nitrogens with zero attached hydrogens (tertiary/aromatic N) is 5. The van der Waals surface area contributed by atoms with E-state index in [4.69, 9.17) is 0 Å². The van der Waals surface area contributed by atoms with Crippen LogP contribution in [0.1, 0.15) is 0 Å². The van der Waals surface area contributed by atoms with E-state index in [2.05, 4.69) is 37.1 Å². The van der Waals surface area contributed by atoms with Gasteiger partial charge in [0.25, 0.3) is 0 Å². The van der Waals surface area contributed by atoms with Crippen molar-refractivity contribution in [2.45, 2.75) is 0 Å². The van der Waals surface area contributed by atoms with Gasteiger partial charge in [0.1, 0.15) is 11.8 Å². The number of pyridine rings is 1. The molecule has 0 amide bonds. The zero-order chi connectivity index (χ0) is 13.6. The normalized spacial score (nSPS) is 10.0. The quantitative estimate of drug-likeness (QED) is 0.487. The lowest BCUT2D eigenvalue weighted by molar-refractivity contribution is 1.15. The number of fused-ring (bicyclic) bond motifs is 2. The molecular weight excluding hydrogens is 250 g/mol. The Kier molecular flexibility index (Phi) is 3.51. The maximum atomic E-state index is 4.18. The summed E-state index contributed by atoms with van der Waals surface area (Å²) >= 11 is 0. The van der Waals surface area contributed by atoms with E-state index in [1.54, 1.807) is 18.6 Å². The van der Waals surface area contributed by atoms with Crippen LogP contribution in [0.2, 0.25) is 0 Å². The first-order valence-electron chi connectivity index (χ1n) is 6.10. The molecule has 0 N–H and O–H groups in total. The van der Waals surface area contributed by atoms with Crippen molar-refractivity contribution < 1.29 is 0 Å². The minimum absolute atomic E-state index is 0.637. The molecule has 96 valence electrons. The van der Waals surface area contributed by atoms with E-state index in [-0.39, 0.29) is 0 Å². The van der Waals surface area contributed by atoms with E-state index < -0.39 is 0 Å². The number of aromatic nitrogens is 5. The average molecular weight is 261 g/mol. The molecule has 0 fully saturated rings.